The summed E-state index contributed by atoms with van der Waals surface area (Å²) in [6, 6.07) is 7.77. The van der Waals surface area contributed by atoms with Gasteiger partial charge in [-0.05, 0) is 60.5 Å². The Morgan fingerprint density at radius 2 is 2.00 bits per heavy atom. The van der Waals surface area contributed by atoms with Gasteiger partial charge in [0.2, 0.25) is 0 Å². The van der Waals surface area contributed by atoms with Gasteiger partial charge in [-0.25, -0.2) is 4.99 Å². The van der Waals surface area contributed by atoms with Crippen LogP contribution in [0.1, 0.15) is 37.3 Å². The lowest BCUT2D eigenvalue weighted by molar-refractivity contribution is -0.115. The summed E-state index contributed by atoms with van der Waals surface area (Å²) in [7, 11) is 0. The van der Waals surface area contributed by atoms with Crippen LogP contribution in [0.4, 0.5) is 5.69 Å². The minimum Gasteiger partial charge on any atom is -0.351 e. The molecule has 1 saturated carbocycles. The Bertz CT molecular complexity index is 913. The SMILES string of the molecule is O=C1NC(=Nc2ccc(Cl)c(Cl)c2)S/C1=C/c1ccn(C2CCCC2)c1. The van der Waals surface area contributed by atoms with Gasteiger partial charge < -0.3 is 9.88 Å². The molecule has 0 bridgehead atoms. The van der Waals surface area contributed by atoms with Crippen LogP contribution in [-0.2, 0) is 4.79 Å². The van der Waals surface area contributed by atoms with Crippen LogP contribution >= 0.6 is 35.0 Å². The van der Waals surface area contributed by atoms with Crippen molar-refractivity contribution in [1.29, 1.82) is 0 Å². The molecule has 0 spiro atoms. The van der Waals surface area contributed by atoms with Gasteiger partial charge in [-0.2, -0.15) is 0 Å². The average molecular weight is 406 g/mol. The van der Waals surface area contributed by atoms with E-state index in [1.54, 1.807) is 18.2 Å². The van der Waals surface area contributed by atoms with E-state index in [0.29, 0.717) is 31.8 Å². The number of amidine groups is 1. The molecular formula is C19H17Cl2N3OS. The molecule has 2 fully saturated rings. The molecule has 1 saturated heterocycles. The largest absolute Gasteiger partial charge is 0.351 e. The number of aliphatic imine (C=N–C) groups is 1. The predicted octanol–water partition coefficient (Wildman–Crippen LogP) is 5.80. The van der Waals surface area contributed by atoms with E-state index in [2.05, 4.69) is 27.3 Å². The number of nitrogens with one attached hydrogen (secondary N) is 1. The van der Waals surface area contributed by atoms with Gasteiger partial charge in [0.05, 0.1) is 20.6 Å². The number of hydrogen-bond donors (Lipinski definition) is 1. The highest BCUT2D eigenvalue weighted by Gasteiger charge is 2.24. The molecule has 1 aliphatic carbocycles. The van der Waals surface area contributed by atoms with Crippen LogP contribution in [0.2, 0.25) is 10.0 Å². The first-order valence-electron chi connectivity index (χ1n) is 8.50. The quantitative estimate of drug-likeness (QED) is 0.655. The van der Waals surface area contributed by atoms with Crippen molar-refractivity contribution >= 4 is 57.8 Å². The molecule has 26 heavy (non-hydrogen) atoms. The zero-order valence-corrected chi connectivity index (χ0v) is 16.2. The molecule has 0 atom stereocenters. The van der Waals surface area contributed by atoms with Crippen molar-refractivity contribution in [3.63, 3.8) is 0 Å². The first kappa shape index (κ1) is 17.7. The lowest BCUT2D eigenvalue weighted by atomic mass is 10.2. The summed E-state index contributed by atoms with van der Waals surface area (Å²) >= 11 is 13.3. The second-order valence-corrected chi connectivity index (χ2v) is 8.26. The number of halogens is 2. The molecule has 0 radical (unpaired) electrons. The molecule has 4 nitrogen and oxygen atoms in total. The monoisotopic (exact) mass is 405 g/mol. The molecule has 1 N–H and O–H groups in total. The van der Waals surface area contributed by atoms with Crippen molar-refractivity contribution < 1.29 is 4.79 Å². The first-order chi connectivity index (χ1) is 12.6. The molecular weight excluding hydrogens is 389 g/mol. The van der Waals surface area contributed by atoms with Crippen LogP contribution in [0.3, 0.4) is 0 Å². The van der Waals surface area contributed by atoms with Gasteiger partial charge in [0.1, 0.15) is 0 Å². The molecule has 1 aliphatic heterocycles. The normalized spacial score (nSPS) is 21.1. The summed E-state index contributed by atoms with van der Waals surface area (Å²) in [5, 5.41) is 4.24. The number of thioether (sulfide) groups is 1. The molecule has 2 aliphatic rings. The number of nitrogens with zero attached hydrogens (tertiary/aromatic N) is 2. The summed E-state index contributed by atoms with van der Waals surface area (Å²) in [5.41, 5.74) is 1.68. The summed E-state index contributed by atoms with van der Waals surface area (Å²) < 4.78 is 2.27. The number of carbonyl (C=O) groups excluding carboxylic acids is 1. The Hall–Kier alpha value is -1.69. The summed E-state index contributed by atoms with van der Waals surface area (Å²) in [6.45, 7) is 0. The third kappa shape index (κ3) is 3.85. The zero-order valence-electron chi connectivity index (χ0n) is 13.9. The Kier molecular flexibility index (Phi) is 5.11. The van der Waals surface area contributed by atoms with Crippen molar-refractivity contribution in [1.82, 2.24) is 9.88 Å². The summed E-state index contributed by atoms with van der Waals surface area (Å²) in [5.74, 6) is -0.137. The fraction of sp³-hybridized carbons (Fsp3) is 0.263. The fourth-order valence-corrected chi connectivity index (χ4v) is 4.38. The van der Waals surface area contributed by atoms with Gasteiger partial charge in [0.15, 0.2) is 5.17 Å². The number of aromatic nitrogens is 1. The van der Waals surface area contributed by atoms with Gasteiger partial charge in [0.25, 0.3) is 5.91 Å². The minimum absolute atomic E-state index is 0.137. The maximum atomic E-state index is 12.2. The van der Waals surface area contributed by atoms with Crippen molar-refractivity contribution in [3.8, 4) is 0 Å². The molecule has 1 aromatic heterocycles. The Morgan fingerprint density at radius 1 is 1.19 bits per heavy atom. The topological polar surface area (TPSA) is 46.4 Å². The number of amides is 1. The van der Waals surface area contributed by atoms with Crippen LogP contribution in [0.5, 0.6) is 0 Å². The smallest absolute Gasteiger partial charge is 0.264 e. The third-order valence-electron chi connectivity index (χ3n) is 4.57. The first-order valence-corrected chi connectivity index (χ1v) is 10.1. The highest BCUT2D eigenvalue weighted by atomic mass is 35.5. The number of rotatable bonds is 3. The summed E-state index contributed by atoms with van der Waals surface area (Å²) in [4.78, 5) is 17.3. The summed E-state index contributed by atoms with van der Waals surface area (Å²) in [6.07, 6.45) is 11.2. The lowest BCUT2D eigenvalue weighted by Crippen LogP contribution is -2.19. The Labute approximate surface area is 166 Å². The van der Waals surface area contributed by atoms with Gasteiger partial charge in [-0.1, -0.05) is 36.0 Å². The van der Waals surface area contributed by atoms with E-state index in [4.69, 9.17) is 23.2 Å². The minimum atomic E-state index is -0.137. The number of benzene rings is 1. The third-order valence-corrected chi connectivity index (χ3v) is 6.21. The molecule has 0 unspecified atom stereocenters. The lowest BCUT2D eigenvalue weighted by Gasteiger charge is -2.10. The standard InChI is InChI=1S/C19H17Cl2N3OS/c20-15-6-5-13(10-16(15)21)22-19-23-18(25)17(26-19)9-12-7-8-24(11-12)14-3-1-2-4-14/h5-11,14H,1-4H2,(H,22,23,25)/b17-9+. The maximum Gasteiger partial charge on any atom is 0.264 e. The van der Waals surface area contributed by atoms with Crippen LogP contribution < -0.4 is 5.32 Å². The van der Waals surface area contributed by atoms with E-state index < -0.39 is 0 Å². The molecule has 1 aromatic carbocycles. The van der Waals surface area contributed by atoms with Crippen LogP contribution in [0.25, 0.3) is 6.08 Å². The molecule has 2 heterocycles. The van der Waals surface area contributed by atoms with E-state index in [9.17, 15) is 4.79 Å². The van der Waals surface area contributed by atoms with Gasteiger partial charge in [0, 0.05) is 18.4 Å². The van der Waals surface area contributed by atoms with Crippen molar-refractivity contribution in [3.05, 3.63) is 57.2 Å². The predicted molar refractivity (Wildman–Crippen MR) is 109 cm³/mol. The van der Waals surface area contributed by atoms with Crippen molar-refractivity contribution in [2.45, 2.75) is 31.7 Å². The van der Waals surface area contributed by atoms with Gasteiger partial charge >= 0.3 is 0 Å². The van der Waals surface area contributed by atoms with Crippen molar-refractivity contribution in [2.75, 3.05) is 0 Å². The number of carbonyl (C=O) groups is 1. The van der Waals surface area contributed by atoms with Crippen LogP contribution in [0, 0.1) is 0 Å². The molecule has 1 amide bonds. The number of hydrogen-bond acceptors (Lipinski definition) is 3. The molecule has 4 rings (SSSR count). The molecule has 7 heteroatoms. The van der Waals surface area contributed by atoms with Crippen molar-refractivity contribution in [2.24, 2.45) is 4.99 Å². The second-order valence-electron chi connectivity index (χ2n) is 6.41. The van der Waals surface area contributed by atoms with Crippen LogP contribution in [0.15, 0.2) is 46.6 Å². The molecule has 2 aromatic rings. The van der Waals surface area contributed by atoms with E-state index in [1.165, 1.54) is 37.4 Å². The highest BCUT2D eigenvalue weighted by molar-refractivity contribution is 8.18. The van der Waals surface area contributed by atoms with Gasteiger partial charge in [-0.15, -0.1) is 0 Å². The van der Waals surface area contributed by atoms with E-state index in [1.807, 2.05) is 12.1 Å². The second kappa shape index (κ2) is 7.51. The Balaban J connectivity index is 1.51. The maximum absolute atomic E-state index is 12.2. The average Bonchev–Trinajstić information content (AvgIpc) is 3.33. The Morgan fingerprint density at radius 3 is 2.77 bits per heavy atom. The van der Waals surface area contributed by atoms with Gasteiger partial charge in [-0.3, -0.25) is 4.79 Å². The van der Waals surface area contributed by atoms with E-state index in [0.717, 1.165) is 5.56 Å². The molecule has 134 valence electrons. The zero-order chi connectivity index (χ0) is 18.1. The fourth-order valence-electron chi connectivity index (χ4n) is 3.25. The van der Waals surface area contributed by atoms with Crippen LogP contribution in [-0.4, -0.2) is 15.6 Å². The van der Waals surface area contributed by atoms with E-state index >= 15 is 0 Å². The van der Waals surface area contributed by atoms with E-state index in [-0.39, 0.29) is 5.91 Å². The highest BCUT2D eigenvalue weighted by Crippen LogP contribution is 2.32.